The van der Waals surface area contributed by atoms with E-state index >= 15 is 0 Å². The predicted octanol–water partition coefficient (Wildman–Crippen LogP) is 1.63. The smallest absolute Gasteiger partial charge is 0.304 e. The van der Waals surface area contributed by atoms with Gasteiger partial charge in [0.05, 0.1) is 17.9 Å². The lowest BCUT2D eigenvalue weighted by Gasteiger charge is -2.24. The number of hydrogen-bond acceptors (Lipinski definition) is 3. The molecule has 1 aromatic carbocycles. The second kappa shape index (κ2) is 5.86. The first-order valence-corrected chi connectivity index (χ1v) is 7.27. The minimum atomic E-state index is -3.59. The second-order valence-electron chi connectivity index (χ2n) is 3.91. The van der Waals surface area contributed by atoms with Gasteiger partial charge in [-0.2, -0.15) is 0 Å². The van der Waals surface area contributed by atoms with E-state index in [9.17, 15) is 13.2 Å². The van der Waals surface area contributed by atoms with Crippen molar-refractivity contribution in [1.29, 1.82) is 0 Å². The van der Waals surface area contributed by atoms with Crippen molar-refractivity contribution in [1.82, 2.24) is 0 Å². The highest BCUT2D eigenvalue weighted by molar-refractivity contribution is 7.92. The number of carboxylic acids is 1. The molecule has 1 N–H and O–H groups in total. The van der Waals surface area contributed by atoms with Crippen LogP contribution in [-0.2, 0) is 14.8 Å². The maximum atomic E-state index is 12.1. The highest BCUT2D eigenvalue weighted by atomic mass is 32.2. The molecule has 0 heterocycles. The molecule has 0 fully saturated rings. The minimum absolute atomic E-state index is 0.285. The molecular formula is C12H17NO4S. The number of carboxylic acid groups (broad SMARTS) is 1. The summed E-state index contributed by atoms with van der Waals surface area (Å²) in [6.07, 6.45) is -0.384. The Bertz CT molecular complexity index is 525. The summed E-state index contributed by atoms with van der Waals surface area (Å²) in [6, 6.07) is 7.14. The van der Waals surface area contributed by atoms with E-state index in [1.807, 2.05) is 19.1 Å². The number of carbonyl (C=O) groups is 1. The van der Waals surface area contributed by atoms with Crippen LogP contribution < -0.4 is 4.31 Å². The topological polar surface area (TPSA) is 74.7 Å². The van der Waals surface area contributed by atoms with Crippen LogP contribution in [0, 0.1) is 6.92 Å². The largest absolute Gasteiger partial charge is 0.481 e. The van der Waals surface area contributed by atoms with E-state index in [4.69, 9.17) is 5.11 Å². The zero-order valence-corrected chi connectivity index (χ0v) is 11.3. The number of hydrogen-bond donors (Lipinski definition) is 1. The summed E-state index contributed by atoms with van der Waals surface area (Å²) in [6.45, 7) is 3.84. The molecule has 0 spiro atoms. The zero-order valence-electron chi connectivity index (χ0n) is 10.5. The molecule has 0 saturated heterocycles. The van der Waals surface area contributed by atoms with Crippen molar-refractivity contribution in [2.24, 2.45) is 0 Å². The van der Waals surface area contributed by atoms with Gasteiger partial charge >= 0.3 is 5.97 Å². The normalized spacial score (nSPS) is 11.2. The van der Waals surface area contributed by atoms with Crippen molar-refractivity contribution in [3.05, 3.63) is 29.8 Å². The molecule has 0 atom stereocenters. The highest BCUT2D eigenvalue weighted by Crippen LogP contribution is 2.22. The Morgan fingerprint density at radius 2 is 1.94 bits per heavy atom. The van der Waals surface area contributed by atoms with Gasteiger partial charge in [0.1, 0.15) is 0 Å². The van der Waals surface area contributed by atoms with Crippen molar-refractivity contribution in [2.75, 3.05) is 16.6 Å². The number of aliphatic carboxylic acids is 1. The second-order valence-corrected chi connectivity index (χ2v) is 5.92. The summed E-state index contributed by atoms with van der Waals surface area (Å²) in [5, 5.41) is 8.57. The molecule has 0 saturated carbocycles. The van der Waals surface area contributed by atoms with Crippen LogP contribution in [0.25, 0.3) is 0 Å². The lowest BCUT2D eigenvalue weighted by atomic mass is 10.2. The van der Waals surface area contributed by atoms with Crippen LogP contribution in [-0.4, -0.2) is 31.8 Å². The summed E-state index contributed by atoms with van der Waals surface area (Å²) in [5.74, 6) is -1.50. The molecule has 0 aliphatic carbocycles. The van der Waals surface area contributed by atoms with Gasteiger partial charge in [0, 0.05) is 6.54 Å². The number of nitrogens with zero attached hydrogens (tertiary/aromatic N) is 1. The quantitative estimate of drug-likeness (QED) is 0.853. The Morgan fingerprint density at radius 3 is 2.44 bits per heavy atom. The van der Waals surface area contributed by atoms with Gasteiger partial charge in [-0.25, -0.2) is 8.42 Å². The van der Waals surface area contributed by atoms with Crippen molar-refractivity contribution in [2.45, 2.75) is 20.3 Å². The Labute approximate surface area is 107 Å². The minimum Gasteiger partial charge on any atom is -0.481 e. The Kier molecular flexibility index (Phi) is 4.72. The summed E-state index contributed by atoms with van der Waals surface area (Å²) in [4.78, 5) is 10.5. The Hall–Kier alpha value is -1.56. The molecule has 18 heavy (non-hydrogen) atoms. The summed E-state index contributed by atoms with van der Waals surface area (Å²) in [7, 11) is -3.59. The first-order valence-electron chi connectivity index (χ1n) is 5.66. The number of sulfonamides is 1. The van der Waals surface area contributed by atoms with Crippen molar-refractivity contribution >= 4 is 21.7 Å². The van der Waals surface area contributed by atoms with Crippen LogP contribution in [0.5, 0.6) is 0 Å². The van der Waals surface area contributed by atoms with Gasteiger partial charge in [0.15, 0.2) is 0 Å². The Balaban J connectivity index is 3.03. The molecule has 1 aromatic rings. The summed E-state index contributed by atoms with van der Waals surface area (Å²) in [5.41, 5.74) is 1.45. The standard InChI is InChI=1S/C12H17NO4S/c1-3-13(11-7-5-4-6-10(11)2)18(16,17)9-8-12(14)15/h4-7H,3,8-9H2,1-2H3,(H,14,15). The maximum Gasteiger partial charge on any atom is 0.304 e. The summed E-state index contributed by atoms with van der Waals surface area (Å²) >= 11 is 0. The SMILES string of the molecule is CCN(c1ccccc1C)S(=O)(=O)CCC(=O)O. The van der Waals surface area contributed by atoms with Crippen LogP contribution in [0.2, 0.25) is 0 Å². The first-order chi connectivity index (χ1) is 8.38. The molecule has 0 amide bonds. The average Bonchev–Trinajstić information content (AvgIpc) is 2.30. The third-order valence-electron chi connectivity index (χ3n) is 2.58. The molecule has 0 aliphatic heterocycles. The monoisotopic (exact) mass is 271 g/mol. The molecule has 0 aromatic heterocycles. The molecule has 100 valence electrons. The molecule has 5 nitrogen and oxygen atoms in total. The lowest BCUT2D eigenvalue weighted by molar-refractivity contribution is -0.136. The van der Waals surface area contributed by atoms with Gasteiger partial charge in [-0.3, -0.25) is 9.10 Å². The summed E-state index contributed by atoms with van der Waals surface area (Å²) < 4.78 is 25.4. The molecule has 0 aliphatic rings. The third kappa shape index (κ3) is 3.46. The van der Waals surface area contributed by atoms with Gasteiger partial charge in [0.25, 0.3) is 0 Å². The van der Waals surface area contributed by atoms with E-state index in [-0.39, 0.29) is 18.7 Å². The molecule has 6 heteroatoms. The van der Waals surface area contributed by atoms with Gasteiger partial charge in [-0.05, 0) is 25.5 Å². The van der Waals surface area contributed by atoms with Gasteiger partial charge in [-0.1, -0.05) is 18.2 Å². The number of para-hydroxylation sites is 1. The number of rotatable bonds is 6. The van der Waals surface area contributed by atoms with E-state index in [1.165, 1.54) is 4.31 Å². The van der Waals surface area contributed by atoms with Gasteiger partial charge in [-0.15, -0.1) is 0 Å². The fourth-order valence-corrected chi connectivity index (χ4v) is 3.24. The number of aryl methyl sites for hydroxylation is 1. The predicted molar refractivity (Wildman–Crippen MR) is 70.2 cm³/mol. The van der Waals surface area contributed by atoms with Crippen molar-refractivity contribution in [3.63, 3.8) is 0 Å². The van der Waals surface area contributed by atoms with Gasteiger partial charge < -0.3 is 5.11 Å². The van der Waals surface area contributed by atoms with E-state index < -0.39 is 16.0 Å². The van der Waals surface area contributed by atoms with Gasteiger partial charge in [0.2, 0.25) is 10.0 Å². The molecule has 1 rings (SSSR count). The van der Waals surface area contributed by atoms with Crippen LogP contribution in [0.15, 0.2) is 24.3 Å². The number of anilines is 1. The van der Waals surface area contributed by atoms with E-state index in [0.717, 1.165) is 5.56 Å². The van der Waals surface area contributed by atoms with Crippen LogP contribution in [0.3, 0.4) is 0 Å². The fourth-order valence-electron chi connectivity index (χ4n) is 1.69. The van der Waals surface area contributed by atoms with E-state index in [0.29, 0.717) is 5.69 Å². The van der Waals surface area contributed by atoms with E-state index in [2.05, 4.69) is 0 Å². The van der Waals surface area contributed by atoms with Crippen molar-refractivity contribution in [3.8, 4) is 0 Å². The maximum absolute atomic E-state index is 12.1. The fraction of sp³-hybridized carbons (Fsp3) is 0.417. The highest BCUT2D eigenvalue weighted by Gasteiger charge is 2.22. The van der Waals surface area contributed by atoms with Crippen molar-refractivity contribution < 1.29 is 18.3 Å². The first kappa shape index (κ1) is 14.5. The third-order valence-corrected chi connectivity index (χ3v) is 4.43. The van der Waals surface area contributed by atoms with Crippen LogP contribution >= 0.6 is 0 Å². The van der Waals surface area contributed by atoms with Crippen LogP contribution in [0.4, 0.5) is 5.69 Å². The van der Waals surface area contributed by atoms with E-state index in [1.54, 1.807) is 19.1 Å². The average molecular weight is 271 g/mol. The molecule has 0 radical (unpaired) electrons. The Morgan fingerprint density at radius 1 is 1.33 bits per heavy atom. The molecular weight excluding hydrogens is 254 g/mol. The molecule has 0 unspecified atom stereocenters. The number of benzene rings is 1. The lowest BCUT2D eigenvalue weighted by Crippen LogP contribution is -2.34. The molecule has 0 bridgehead atoms. The zero-order chi connectivity index (χ0) is 13.8. The van der Waals surface area contributed by atoms with Crippen LogP contribution in [0.1, 0.15) is 18.9 Å².